The van der Waals surface area contributed by atoms with E-state index in [1.165, 1.54) is 33.9 Å². The topological polar surface area (TPSA) is 328 Å². The first-order valence-electron chi connectivity index (χ1n) is 24.1. The molecule has 1 saturated heterocycles. The Morgan fingerprint density at radius 3 is 2.21 bits per heavy atom. The first kappa shape index (κ1) is 55.9. The molecule has 0 radical (unpaired) electrons. The summed E-state index contributed by atoms with van der Waals surface area (Å²) >= 11 is 0. The highest BCUT2D eigenvalue weighted by atomic mass is 19.1. The van der Waals surface area contributed by atoms with E-state index in [9.17, 15) is 48.9 Å². The number of aliphatic imine (C=N–C) groups is 1. The number of rotatable bonds is 26. The van der Waals surface area contributed by atoms with Gasteiger partial charge in [-0.2, -0.15) is 5.11 Å². The Kier molecular flexibility index (Phi) is 20.6. The molecule has 1 aliphatic rings. The Hall–Kier alpha value is -8.05. The number of aromatic carboxylic acids is 1. The molecule has 2 aromatic carbocycles. The molecule has 0 aliphatic carbocycles. The van der Waals surface area contributed by atoms with E-state index in [0.29, 0.717) is 62.0 Å². The third-order valence-corrected chi connectivity index (χ3v) is 12.3. The molecule has 2 unspecified atom stereocenters. The van der Waals surface area contributed by atoms with E-state index in [1.54, 1.807) is 40.7 Å². The number of hydrogen-bond donors (Lipinski definition) is 9. The van der Waals surface area contributed by atoms with Gasteiger partial charge in [-0.25, -0.2) is 24.3 Å². The average molecular weight is 1020 g/mol. The van der Waals surface area contributed by atoms with Gasteiger partial charge in [-0.05, 0) is 74.8 Å². The number of aromatic hydroxyl groups is 2. The van der Waals surface area contributed by atoms with E-state index >= 15 is 4.39 Å². The van der Waals surface area contributed by atoms with Gasteiger partial charge in [0.25, 0.3) is 5.91 Å². The van der Waals surface area contributed by atoms with Gasteiger partial charge in [-0.3, -0.25) is 28.7 Å². The van der Waals surface area contributed by atoms with Crippen LogP contribution in [-0.4, -0.2) is 129 Å². The summed E-state index contributed by atoms with van der Waals surface area (Å²) in [6.45, 7) is 6.90. The molecule has 24 heteroatoms. The van der Waals surface area contributed by atoms with Gasteiger partial charge in [-0.1, -0.05) is 32.4 Å². The number of nitrogens with one attached hydrogen (secondary N) is 5. The Balaban J connectivity index is 1.11. The number of carbonyl (C=O) groups excluding carboxylic acids is 5. The normalized spacial score (nSPS) is 13.6. The second-order valence-electron chi connectivity index (χ2n) is 17.8. The van der Waals surface area contributed by atoms with Crippen LogP contribution in [-0.2, 0) is 38.8 Å². The number of carboxylic acid groups (broad SMARTS) is 1. The van der Waals surface area contributed by atoms with Crippen LogP contribution in [0.15, 0.2) is 69.6 Å². The number of urea groups is 1. The van der Waals surface area contributed by atoms with Crippen LogP contribution in [0.25, 0.3) is 10.9 Å². The molecule has 23 nitrogen and oxygen atoms in total. The predicted molar refractivity (Wildman–Crippen MR) is 269 cm³/mol. The van der Waals surface area contributed by atoms with Crippen molar-refractivity contribution in [3.8, 4) is 11.8 Å². The van der Waals surface area contributed by atoms with Crippen molar-refractivity contribution < 1.29 is 53.2 Å². The van der Waals surface area contributed by atoms with E-state index in [1.807, 2.05) is 13.8 Å². The van der Waals surface area contributed by atoms with Gasteiger partial charge >= 0.3 is 18.1 Å². The fourth-order valence-corrected chi connectivity index (χ4v) is 8.26. The summed E-state index contributed by atoms with van der Waals surface area (Å²) < 4.78 is 23.9. The van der Waals surface area contributed by atoms with Crippen molar-refractivity contribution in [2.45, 2.75) is 97.5 Å². The fraction of sp³-hybridized carbons (Fsp3) is 0.469. The molecule has 73 heavy (non-hydrogen) atoms. The van der Waals surface area contributed by atoms with Crippen LogP contribution in [0.5, 0.6) is 11.8 Å². The number of nitrogens with two attached hydrogens (primary N) is 1. The van der Waals surface area contributed by atoms with E-state index in [2.05, 4.69) is 31.4 Å². The summed E-state index contributed by atoms with van der Waals surface area (Å²) in [5.41, 5.74) is 13.7. The van der Waals surface area contributed by atoms with E-state index < -0.39 is 58.8 Å². The minimum atomic E-state index is -1.40. The largest absolute Gasteiger partial charge is 0.494 e. The highest BCUT2D eigenvalue weighted by Gasteiger charge is 2.28. The highest BCUT2D eigenvalue weighted by Crippen LogP contribution is 2.27. The molecule has 0 spiro atoms. The lowest BCUT2D eigenvalue weighted by Crippen LogP contribution is -2.50. The smallest absolute Gasteiger partial charge is 0.410 e. The molecule has 394 valence electrons. The Labute approximate surface area is 420 Å². The van der Waals surface area contributed by atoms with Crippen molar-refractivity contribution in [1.82, 2.24) is 30.0 Å². The van der Waals surface area contributed by atoms with Gasteiger partial charge in [0.1, 0.15) is 24.0 Å². The maximum atomic E-state index is 15.4. The van der Waals surface area contributed by atoms with Crippen molar-refractivity contribution >= 4 is 63.8 Å². The van der Waals surface area contributed by atoms with Crippen LogP contribution in [0.3, 0.4) is 0 Å². The molecule has 0 saturated carbocycles. The van der Waals surface area contributed by atoms with Crippen LogP contribution >= 0.6 is 0 Å². The van der Waals surface area contributed by atoms with E-state index in [4.69, 9.17) is 16.0 Å². The van der Waals surface area contributed by atoms with Gasteiger partial charge in [0.15, 0.2) is 11.8 Å². The number of nitrogens with zero attached hydrogens (tertiary/aromatic N) is 6. The number of carboxylic acids is 1. The first-order chi connectivity index (χ1) is 34.9. The molecule has 4 aromatic rings. The summed E-state index contributed by atoms with van der Waals surface area (Å²) in [5.74, 6) is -3.75. The number of benzene rings is 2. The maximum absolute atomic E-state index is 15.4. The number of piperazine rings is 1. The summed E-state index contributed by atoms with van der Waals surface area (Å²) in [6, 6.07) is 9.73. The van der Waals surface area contributed by atoms with Gasteiger partial charge in [-0.15, -0.1) is 0 Å². The predicted octanol–water partition coefficient (Wildman–Crippen LogP) is 4.67. The maximum Gasteiger partial charge on any atom is 0.410 e. The first-order valence-corrected chi connectivity index (χ1v) is 24.1. The number of halogens is 1. The molecule has 2 aromatic heterocycles. The highest BCUT2D eigenvalue weighted by molar-refractivity contribution is 6.43. The number of ether oxygens (including phenoxy) is 1. The second-order valence-corrected chi connectivity index (χ2v) is 17.8. The van der Waals surface area contributed by atoms with Gasteiger partial charge in [0.05, 0.1) is 36.0 Å². The molecule has 0 bridgehead atoms. The molecule has 2 atom stereocenters. The Morgan fingerprint density at radius 1 is 0.890 bits per heavy atom. The minimum Gasteiger partial charge on any atom is -0.494 e. The van der Waals surface area contributed by atoms with Gasteiger partial charge < -0.3 is 61.4 Å². The third kappa shape index (κ3) is 16.0. The zero-order valence-corrected chi connectivity index (χ0v) is 41.2. The third-order valence-electron chi connectivity index (χ3n) is 12.3. The monoisotopic (exact) mass is 1020 g/mol. The molecular weight excluding hydrogens is 952 g/mol. The number of carbonyl (C=O) groups is 6. The van der Waals surface area contributed by atoms with Crippen LogP contribution in [0.1, 0.15) is 81.6 Å². The Morgan fingerprint density at radius 2 is 1.58 bits per heavy atom. The summed E-state index contributed by atoms with van der Waals surface area (Å²) in [6.07, 6.45) is 3.74. The molecule has 1 fully saturated rings. The Bertz CT molecular complexity index is 2680. The SMILES string of the molecule is CCn1cc(C(=O)O)c(=O)c2cc(F)c(N3CCN(C(=O)OCc4ccc(NC(=O)C(CCCCNC(N)=O)=NCC(N=N)C(NC(=O)CNC(=O)CCCCCn5c(O)ccc5O)C(C)C)cc4)CC3)cc21. The molecular formula is C49H65FN12O11. The van der Waals surface area contributed by atoms with E-state index in [-0.39, 0.29) is 106 Å². The molecule has 1 aliphatic heterocycles. The molecule has 3 heterocycles. The van der Waals surface area contributed by atoms with Crippen molar-refractivity contribution in [3.05, 3.63) is 81.9 Å². The van der Waals surface area contributed by atoms with Crippen molar-refractivity contribution in [2.24, 2.45) is 21.8 Å². The van der Waals surface area contributed by atoms with Crippen LogP contribution < -0.4 is 37.3 Å². The lowest BCUT2D eigenvalue weighted by Gasteiger charge is -2.35. The number of pyridine rings is 1. The number of aromatic nitrogens is 2. The number of anilines is 2. The van der Waals surface area contributed by atoms with Gasteiger partial charge in [0, 0.05) is 81.6 Å². The van der Waals surface area contributed by atoms with Crippen LogP contribution in [0.4, 0.5) is 25.4 Å². The van der Waals surface area contributed by atoms with E-state index in [0.717, 1.165) is 6.07 Å². The summed E-state index contributed by atoms with van der Waals surface area (Å²) in [7, 11) is 0. The number of hydrogen-bond acceptors (Lipinski definition) is 14. The zero-order valence-electron chi connectivity index (χ0n) is 41.2. The average Bonchev–Trinajstić information content (AvgIpc) is 3.69. The molecule has 6 amide bonds. The van der Waals surface area contributed by atoms with Crippen molar-refractivity contribution in [1.29, 1.82) is 5.53 Å². The lowest BCUT2D eigenvalue weighted by atomic mass is 9.96. The molecule has 10 N–H and O–H groups in total. The van der Waals surface area contributed by atoms with Crippen LogP contribution in [0.2, 0.25) is 0 Å². The second kappa shape index (κ2) is 27.0. The summed E-state index contributed by atoms with van der Waals surface area (Å²) in [4.78, 5) is 95.6. The number of amides is 6. The molecule has 5 rings (SSSR count). The minimum absolute atomic E-state index is 0.0379. The quantitative estimate of drug-likeness (QED) is 0.0236. The fourth-order valence-electron chi connectivity index (χ4n) is 8.26. The summed E-state index contributed by atoms with van der Waals surface area (Å²) in [5, 5.41) is 43.5. The number of primary amides is 1. The van der Waals surface area contributed by atoms with Crippen LogP contribution in [0, 0.1) is 17.3 Å². The van der Waals surface area contributed by atoms with Crippen molar-refractivity contribution in [3.63, 3.8) is 0 Å². The van der Waals surface area contributed by atoms with Gasteiger partial charge in [0.2, 0.25) is 17.2 Å². The number of aryl methyl sites for hydroxylation is 1. The zero-order chi connectivity index (χ0) is 53.2. The van der Waals surface area contributed by atoms with Crippen molar-refractivity contribution in [2.75, 3.05) is 56.0 Å². The number of unbranched alkanes of at least 4 members (excludes halogenated alkanes) is 3. The lowest BCUT2D eigenvalue weighted by molar-refractivity contribution is -0.126. The number of fused-ring (bicyclic) bond motifs is 1. The standard InChI is InChI=1S/C49H65FN12O11/c1-4-59-28-34(47(69)70)45(67)33-24-35(50)39(25-38(33)59)60-20-22-61(23-21-60)49(72)73-29-31-12-14-32(15-13-31)56-46(68)36(10-7-8-18-53-48(51)71)54-26-37(58-52)44(30(2)3)57-41(64)27-55-40(63)11-6-5-9-19-62-42(65)16-17-43(62)66/h12-17,24-25,28,30,37,44,52,65-66H,4-11,18-23,26-27,29H2,1-3H3,(H,55,63)(H,56,68)(H,57,64)(H,69,70)(H3,51,53,71).